The Morgan fingerprint density at radius 2 is 1.76 bits per heavy atom. The van der Waals surface area contributed by atoms with Gasteiger partial charge in [0.1, 0.15) is 5.75 Å². The quantitative estimate of drug-likeness (QED) is 0.616. The Morgan fingerprint density at radius 3 is 2.52 bits per heavy atom. The van der Waals surface area contributed by atoms with Gasteiger partial charge in [0.2, 0.25) is 0 Å². The van der Waals surface area contributed by atoms with Crippen molar-refractivity contribution in [2.45, 2.75) is 6.54 Å². The molecule has 3 aromatic carbocycles. The molecule has 0 aliphatic rings. The minimum Gasteiger partial charge on any atom is -0.484 e. The number of nitrogens with zero attached hydrogens (tertiary/aromatic N) is 1. The van der Waals surface area contributed by atoms with E-state index in [1.807, 2.05) is 48.5 Å². The molecule has 0 aliphatic carbocycles. The molecule has 25 heavy (non-hydrogen) atoms. The predicted molar refractivity (Wildman–Crippen MR) is 102 cm³/mol. The number of carbonyl (C=O) groups is 1. The van der Waals surface area contributed by atoms with E-state index >= 15 is 0 Å². The molecule has 0 atom stereocenters. The van der Waals surface area contributed by atoms with E-state index in [9.17, 15) is 4.79 Å². The van der Waals surface area contributed by atoms with Crippen molar-refractivity contribution in [1.82, 2.24) is 4.90 Å². The molecule has 3 rings (SSSR count). The van der Waals surface area contributed by atoms with Crippen LogP contribution in [0.5, 0.6) is 5.75 Å². The lowest BCUT2D eigenvalue weighted by atomic mass is 10.1. The van der Waals surface area contributed by atoms with Crippen molar-refractivity contribution in [3.05, 3.63) is 76.3 Å². The number of ether oxygens (including phenoxy) is 1. The van der Waals surface area contributed by atoms with Crippen LogP contribution in [0.3, 0.4) is 0 Å². The average molecular weight is 374 g/mol. The van der Waals surface area contributed by atoms with Crippen LogP contribution in [-0.2, 0) is 11.3 Å². The third-order valence-corrected chi connectivity index (χ3v) is 4.52. The number of carbonyl (C=O) groups excluding carboxylic acids is 1. The van der Waals surface area contributed by atoms with Crippen molar-refractivity contribution in [2.24, 2.45) is 0 Å². The first kappa shape index (κ1) is 17.6. The molecule has 0 aliphatic heterocycles. The lowest BCUT2D eigenvalue weighted by Crippen LogP contribution is -2.31. The summed E-state index contributed by atoms with van der Waals surface area (Å²) in [6, 6.07) is 19.0. The summed E-state index contributed by atoms with van der Waals surface area (Å²) in [6.45, 7) is 0.371. The van der Waals surface area contributed by atoms with Gasteiger partial charge in [-0.1, -0.05) is 59.6 Å². The maximum atomic E-state index is 12.3. The molecule has 0 heterocycles. The zero-order valence-electron chi connectivity index (χ0n) is 13.7. The van der Waals surface area contributed by atoms with Gasteiger partial charge in [0.15, 0.2) is 6.61 Å². The van der Waals surface area contributed by atoms with Crippen LogP contribution in [0, 0.1) is 0 Å². The molecule has 0 radical (unpaired) electrons. The smallest absolute Gasteiger partial charge is 0.260 e. The molecule has 0 aromatic heterocycles. The van der Waals surface area contributed by atoms with E-state index in [-0.39, 0.29) is 12.5 Å². The van der Waals surface area contributed by atoms with Crippen LogP contribution >= 0.6 is 23.2 Å². The number of hydrogen-bond donors (Lipinski definition) is 0. The highest BCUT2D eigenvalue weighted by molar-refractivity contribution is 6.35. The maximum absolute atomic E-state index is 12.3. The number of likely N-dealkylation sites (N-methyl/N-ethyl adjacent to an activating group) is 1. The van der Waals surface area contributed by atoms with Crippen molar-refractivity contribution in [3.63, 3.8) is 0 Å². The van der Waals surface area contributed by atoms with Crippen LogP contribution < -0.4 is 4.74 Å². The van der Waals surface area contributed by atoms with Gasteiger partial charge in [-0.3, -0.25) is 4.79 Å². The third-order valence-electron chi connectivity index (χ3n) is 3.93. The highest BCUT2D eigenvalue weighted by Gasteiger charge is 2.12. The van der Waals surface area contributed by atoms with Gasteiger partial charge in [-0.25, -0.2) is 0 Å². The first-order chi connectivity index (χ1) is 12.0. The Kier molecular flexibility index (Phi) is 5.47. The Morgan fingerprint density at radius 1 is 1.00 bits per heavy atom. The summed E-state index contributed by atoms with van der Waals surface area (Å²) < 4.78 is 5.64. The normalized spacial score (nSPS) is 10.7. The summed E-state index contributed by atoms with van der Waals surface area (Å²) in [7, 11) is 1.72. The standard InChI is InChI=1S/C20H17Cl2NO2/c1-23(12-16-6-8-17(21)11-19(16)22)20(24)13-25-18-9-7-14-4-2-3-5-15(14)10-18/h2-11H,12-13H2,1H3. The fourth-order valence-electron chi connectivity index (χ4n) is 2.51. The molecule has 0 unspecified atom stereocenters. The van der Waals surface area contributed by atoms with Crippen molar-refractivity contribution < 1.29 is 9.53 Å². The molecule has 5 heteroatoms. The number of rotatable bonds is 5. The second-order valence-corrected chi connectivity index (χ2v) is 6.63. The topological polar surface area (TPSA) is 29.5 Å². The monoisotopic (exact) mass is 373 g/mol. The molecular formula is C20H17Cl2NO2. The van der Waals surface area contributed by atoms with Gasteiger partial charge >= 0.3 is 0 Å². The number of benzene rings is 3. The zero-order valence-corrected chi connectivity index (χ0v) is 15.2. The Hall–Kier alpha value is -2.23. The molecule has 0 spiro atoms. The van der Waals surface area contributed by atoms with E-state index in [1.54, 1.807) is 24.1 Å². The van der Waals surface area contributed by atoms with Gasteiger partial charge in [0.25, 0.3) is 5.91 Å². The van der Waals surface area contributed by atoms with Crippen LogP contribution in [0.15, 0.2) is 60.7 Å². The SMILES string of the molecule is CN(Cc1ccc(Cl)cc1Cl)C(=O)COc1ccc2ccccc2c1. The van der Waals surface area contributed by atoms with E-state index in [0.717, 1.165) is 16.3 Å². The van der Waals surface area contributed by atoms with Gasteiger partial charge in [-0.15, -0.1) is 0 Å². The van der Waals surface area contributed by atoms with Crippen molar-refractivity contribution >= 4 is 39.9 Å². The summed E-state index contributed by atoms with van der Waals surface area (Å²) in [4.78, 5) is 13.9. The minimum atomic E-state index is -0.126. The molecule has 1 amide bonds. The van der Waals surface area contributed by atoms with E-state index in [4.69, 9.17) is 27.9 Å². The second kappa shape index (κ2) is 7.77. The predicted octanol–water partition coefficient (Wildman–Crippen LogP) is 5.18. The van der Waals surface area contributed by atoms with E-state index in [2.05, 4.69) is 0 Å². The van der Waals surface area contributed by atoms with E-state index in [1.165, 1.54) is 0 Å². The number of hydrogen-bond acceptors (Lipinski definition) is 2. The van der Waals surface area contributed by atoms with Gasteiger partial charge in [-0.05, 0) is 40.6 Å². The number of fused-ring (bicyclic) bond motifs is 1. The summed E-state index contributed by atoms with van der Waals surface area (Å²) in [6.07, 6.45) is 0. The van der Waals surface area contributed by atoms with Gasteiger partial charge < -0.3 is 9.64 Å². The molecule has 0 fully saturated rings. The van der Waals surface area contributed by atoms with E-state index < -0.39 is 0 Å². The van der Waals surface area contributed by atoms with Crippen molar-refractivity contribution in [2.75, 3.05) is 13.7 Å². The molecule has 0 bridgehead atoms. The summed E-state index contributed by atoms with van der Waals surface area (Å²) in [5.74, 6) is 0.546. The molecule has 3 nitrogen and oxygen atoms in total. The molecule has 0 N–H and O–H groups in total. The zero-order chi connectivity index (χ0) is 17.8. The molecule has 128 valence electrons. The fourth-order valence-corrected chi connectivity index (χ4v) is 2.97. The lowest BCUT2D eigenvalue weighted by Gasteiger charge is -2.18. The second-order valence-electron chi connectivity index (χ2n) is 5.78. The van der Waals surface area contributed by atoms with Crippen LogP contribution in [0.2, 0.25) is 10.0 Å². The first-order valence-electron chi connectivity index (χ1n) is 7.82. The van der Waals surface area contributed by atoms with Crippen molar-refractivity contribution in [1.29, 1.82) is 0 Å². The van der Waals surface area contributed by atoms with Crippen LogP contribution in [0.25, 0.3) is 10.8 Å². The average Bonchev–Trinajstić information content (AvgIpc) is 2.61. The van der Waals surface area contributed by atoms with Gasteiger partial charge in [-0.2, -0.15) is 0 Å². The highest BCUT2D eigenvalue weighted by atomic mass is 35.5. The van der Waals surface area contributed by atoms with Crippen LogP contribution in [-0.4, -0.2) is 24.5 Å². The summed E-state index contributed by atoms with van der Waals surface area (Å²) in [5.41, 5.74) is 0.840. The lowest BCUT2D eigenvalue weighted by molar-refractivity contribution is -0.132. The number of halogens is 2. The third kappa shape index (κ3) is 4.44. The molecule has 0 saturated carbocycles. The van der Waals surface area contributed by atoms with Gasteiger partial charge in [0.05, 0.1) is 0 Å². The summed E-state index contributed by atoms with van der Waals surface area (Å²) in [5, 5.41) is 3.33. The van der Waals surface area contributed by atoms with Crippen LogP contribution in [0.4, 0.5) is 0 Å². The largest absolute Gasteiger partial charge is 0.484 e. The highest BCUT2D eigenvalue weighted by Crippen LogP contribution is 2.23. The van der Waals surface area contributed by atoms with Crippen molar-refractivity contribution in [3.8, 4) is 5.75 Å². The molecule has 0 saturated heterocycles. The summed E-state index contributed by atoms with van der Waals surface area (Å²) >= 11 is 12.0. The Labute approximate surface area is 156 Å². The molecule has 3 aromatic rings. The Balaban J connectivity index is 1.60. The van der Waals surface area contributed by atoms with E-state index in [0.29, 0.717) is 22.3 Å². The first-order valence-corrected chi connectivity index (χ1v) is 8.58. The maximum Gasteiger partial charge on any atom is 0.260 e. The van der Waals surface area contributed by atoms with Crippen LogP contribution in [0.1, 0.15) is 5.56 Å². The molecular weight excluding hydrogens is 357 g/mol. The minimum absolute atomic E-state index is 0.0277. The number of amides is 1. The fraction of sp³-hybridized carbons (Fsp3) is 0.150. The Bertz CT molecular complexity index is 911. The van der Waals surface area contributed by atoms with Gasteiger partial charge in [0, 0.05) is 23.6 Å².